The normalized spacial score (nSPS) is 26.1. The third-order valence-corrected chi connectivity index (χ3v) is 7.08. The fraction of sp³-hybridized carbons (Fsp3) is 0.407. The van der Waals surface area contributed by atoms with Gasteiger partial charge in [-0.05, 0) is 48.9 Å². The average molecular weight is 466 g/mol. The number of nitrogens with zero attached hydrogens (tertiary/aromatic N) is 1. The van der Waals surface area contributed by atoms with Gasteiger partial charge < -0.3 is 19.1 Å². The van der Waals surface area contributed by atoms with Crippen LogP contribution in [0, 0.1) is 5.92 Å². The summed E-state index contributed by atoms with van der Waals surface area (Å²) in [5.74, 6) is 0.434. The molecule has 1 aliphatic carbocycles. The molecule has 2 heterocycles. The van der Waals surface area contributed by atoms with E-state index in [1.807, 2.05) is 48.5 Å². The molecule has 0 spiro atoms. The van der Waals surface area contributed by atoms with E-state index in [4.69, 9.17) is 14.2 Å². The molecule has 4 atom stereocenters. The van der Waals surface area contributed by atoms with Gasteiger partial charge in [-0.1, -0.05) is 36.4 Å². The molecule has 6 nitrogen and oxygen atoms in total. The third-order valence-electron chi connectivity index (χ3n) is 7.08. The molecule has 2 aromatic carbocycles. The number of ketones is 1. The largest absolute Gasteiger partial charge is 0.493 e. The molecule has 2 aliphatic heterocycles. The Kier molecular flexibility index (Phi) is 6.02. The van der Waals surface area contributed by atoms with Gasteiger partial charge in [0.15, 0.2) is 23.0 Å². The fourth-order valence-corrected chi connectivity index (χ4v) is 5.36. The number of carbonyl (C=O) groups is 2. The first kappa shape index (κ1) is 22.4. The summed E-state index contributed by atoms with van der Waals surface area (Å²) >= 11 is 0. The van der Waals surface area contributed by atoms with Crippen molar-refractivity contribution >= 4 is 11.7 Å². The highest BCUT2D eigenvalue weighted by Gasteiger charge is 2.52. The van der Waals surface area contributed by atoms with E-state index in [0.717, 1.165) is 11.1 Å². The zero-order valence-corrected chi connectivity index (χ0v) is 19.3. The Morgan fingerprint density at radius 2 is 1.79 bits per heavy atom. The molecule has 0 saturated heterocycles. The lowest BCUT2D eigenvalue weighted by molar-refractivity contribution is -0.136. The lowest BCUT2D eigenvalue weighted by atomic mass is 9.77. The molecular weight excluding hydrogens is 437 g/mol. The highest BCUT2D eigenvalue weighted by atomic mass is 19.1. The Morgan fingerprint density at radius 1 is 1.03 bits per heavy atom. The van der Waals surface area contributed by atoms with Gasteiger partial charge in [-0.3, -0.25) is 9.59 Å². The third kappa shape index (κ3) is 3.83. The molecule has 0 bridgehead atoms. The summed E-state index contributed by atoms with van der Waals surface area (Å²) in [6, 6.07) is 14.6. The Morgan fingerprint density at radius 3 is 2.53 bits per heavy atom. The maximum absolute atomic E-state index is 14.1. The molecule has 178 valence electrons. The molecule has 1 saturated carbocycles. The van der Waals surface area contributed by atoms with Crippen LogP contribution in [0.2, 0.25) is 0 Å². The van der Waals surface area contributed by atoms with Crippen molar-refractivity contribution in [1.82, 2.24) is 4.90 Å². The minimum atomic E-state index is -1.01. The van der Waals surface area contributed by atoms with Gasteiger partial charge in [0.1, 0.15) is 12.3 Å². The van der Waals surface area contributed by atoms with Gasteiger partial charge in [0.2, 0.25) is 0 Å². The second-order valence-corrected chi connectivity index (χ2v) is 9.03. The second kappa shape index (κ2) is 9.12. The number of fused-ring (bicyclic) bond motifs is 1. The van der Waals surface area contributed by atoms with Crippen LogP contribution in [0.25, 0.3) is 0 Å². The smallest absolute Gasteiger partial charge is 0.290 e. The van der Waals surface area contributed by atoms with Gasteiger partial charge in [0.05, 0.1) is 31.8 Å². The number of Topliss-reactive ketones (excluding diaryl/α,β-unsaturated/α-hetero) is 1. The maximum atomic E-state index is 14.1. The number of halogens is 1. The predicted molar refractivity (Wildman–Crippen MR) is 123 cm³/mol. The fourth-order valence-electron chi connectivity index (χ4n) is 5.36. The molecule has 34 heavy (non-hydrogen) atoms. The van der Waals surface area contributed by atoms with Gasteiger partial charge in [0, 0.05) is 6.54 Å². The predicted octanol–water partition coefficient (Wildman–Crippen LogP) is 4.19. The summed E-state index contributed by atoms with van der Waals surface area (Å²) in [7, 11) is 3.17. The molecule has 7 heteroatoms. The number of methoxy groups -OCH3 is 2. The summed E-state index contributed by atoms with van der Waals surface area (Å²) < 4.78 is 31.0. The van der Waals surface area contributed by atoms with Crippen molar-refractivity contribution in [1.29, 1.82) is 0 Å². The van der Waals surface area contributed by atoms with Crippen LogP contribution in [-0.2, 0) is 20.7 Å². The van der Waals surface area contributed by atoms with E-state index in [-0.39, 0.29) is 23.9 Å². The zero-order valence-electron chi connectivity index (χ0n) is 19.3. The van der Waals surface area contributed by atoms with Gasteiger partial charge >= 0.3 is 0 Å². The van der Waals surface area contributed by atoms with Crippen molar-refractivity contribution in [2.24, 2.45) is 5.92 Å². The first-order chi connectivity index (χ1) is 16.5. The Labute approximate surface area is 198 Å². The number of ether oxygens (including phenoxy) is 3. The van der Waals surface area contributed by atoms with E-state index in [1.165, 1.54) is 0 Å². The summed E-state index contributed by atoms with van der Waals surface area (Å²) in [6.45, 7) is 0.387. The van der Waals surface area contributed by atoms with Crippen LogP contribution in [0.4, 0.5) is 4.39 Å². The monoisotopic (exact) mass is 465 g/mol. The zero-order chi connectivity index (χ0) is 23.8. The molecular formula is C27H28FNO5. The first-order valence-electron chi connectivity index (χ1n) is 11.7. The highest BCUT2D eigenvalue weighted by molar-refractivity contribution is 6.11. The Bertz CT molecular complexity index is 1130. The number of alkyl halides is 1. The lowest BCUT2D eigenvalue weighted by Gasteiger charge is -2.36. The number of amides is 1. The first-order valence-corrected chi connectivity index (χ1v) is 11.7. The van der Waals surface area contributed by atoms with Gasteiger partial charge in [-0.15, -0.1) is 0 Å². The summed E-state index contributed by atoms with van der Waals surface area (Å²) in [4.78, 5) is 28.8. The molecule has 3 aliphatic rings. The van der Waals surface area contributed by atoms with Crippen LogP contribution in [-0.4, -0.2) is 49.6 Å². The van der Waals surface area contributed by atoms with E-state index in [2.05, 4.69) is 0 Å². The summed E-state index contributed by atoms with van der Waals surface area (Å²) in [5.41, 5.74) is 2.19. The summed E-state index contributed by atoms with van der Waals surface area (Å²) in [5, 5.41) is 0. The topological polar surface area (TPSA) is 65.1 Å². The van der Waals surface area contributed by atoms with Crippen LogP contribution in [0.15, 0.2) is 59.9 Å². The molecule has 1 fully saturated rings. The van der Waals surface area contributed by atoms with E-state index in [1.54, 1.807) is 19.1 Å². The number of carbonyl (C=O) groups excluding carboxylic acids is 2. The molecule has 0 aromatic heterocycles. The van der Waals surface area contributed by atoms with Gasteiger partial charge in [-0.25, -0.2) is 4.39 Å². The molecule has 1 amide bonds. The second-order valence-electron chi connectivity index (χ2n) is 9.03. The molecule has 0 N–H and O–H groups in total. The van der Waals surface area contributed by atoms with E-state index in [9.17, 15) is 14.0 Å². The minimum Gasteiger partial charge on any atom is -0.493 e. The standard InChI is InChI=1S/C27H28FNO5/c1-32-21-10-8-16(14-22(21)33-2)12-13-29-24(17-6-4-3-5-7-17)23-25(30)19-15-18(28)9-11-20(19)34-26(23)27(29)31/h3-8,10,14,18-20,24H,9,11-13,15H2,1-2H3. The SMILES string of the molecule is COc1ccc(CCN2C(=O)C3=C(C(=O)C4CC(F)CCC4O3)C2c2ccccc2)cc1OC. The number of rotatable bonds is 6. The van der Waals surface area contributed by atoms with Crippen molar-refractivity contribution in [2.75, 3.05) is 20.8 Å². The quantitative estimate of drug-likeness (QED) is 0.640. The number of benzene rings is 2. The van der Waals surface area contributed by atoms with Gasteiger partial charge in [0.25, 0.3) is 5.91 Å². The molecule has 5 rings (SSSR count). The van der Waals surface area contributed by atoms with Crippen molar-refractivity contribution in [3.05, 3.63) is 71.0 Å². The highest BCUT2D eigenvalue weighted by Crippen LogP contribution is 2.47. The molecule has 0 radical (unpaired) electrons. The van der Waals surface area contributed by atoms with Crippen LogP contribution >= 0.6 is 0 Å². The Balaban J connectivity index is 1.46. The Hall–Kier alpha value is -3.35. The van der Waals surface area contributed by atoms with Crippen LogP contribution in [0.1, 0.15) is 36.4 Å². The summed E-state index contributed by atoms with van der Waals surface area (Å²) in [6.07, 6.45) is 0.0824. The van der Waals surface area contributed by atoms with Crippen LogP contribution in [0.5, 0.6) is 11.5 Å². The average Bonchev–Trinajstić information content (AvgIpc) is 3.15. The van der Waals surface area contributed by atoms with Crippen LogP contribution < -0.4 is 9.47 Å². The van der Waals surface area contributed by atoms with Crippen molar-refractivity contribution in [3.8, 4) is 11.5 Å². The number of hydrogen-bond donors (Lipinski definition) is 0. The maximum Gasteiger partial charge on any atom is 0.290 e. The van der Waals surface area contributed by atoms with Gasteiger partial charge in [-0.2, -0.15) is 0 Å². The molecule has 4 unspecified atom stereocenters. The van der Waals surface area contributed by atoms with E-state index in [0.29, 0.717) is 42.9 Å². The molecule has 2 aromatic rings. The van der Waals surface area contributed by atoms with Crippen molar-refractivity contribution in [2.45, 2.75) is 44.0 Å². The lowest BCUT2D eigenvalue weighted by Crippen LogP contribution is -2.42. The van der Waals surface area contributed by atoms with Crippen molar-refractivity contribution in [3.63, 3.8) is 0 Å². The van der Waals surface area contributed by atoms with Crippen LogP contribution in [0.3, 0.4) is 0 Å². The van der Waals surface area contributed by atoms with Crippen molar-refractivity contribution < 1.29 is 28.2 Å². The van der Waals surface area contributed by atoms with E-state index >= 15 is 0 Å². The van der Waals surface area contributed by atoms with E-state index < -0.39 is 24.2 Å². The minimum absolute atomic E-state index is 0.143. The number of hydrogen-bond acceptors (Lipinski definition) is 5.